The Bertz CT molecular complexity index is 476. The quantitative estimate of drug-likeness (QED) is 0.874. The average Bonchev–Trinajstić information content (AvgIpc) is 3.24. The Morgan fingerprint density at radius 1 is 1.14 bits per heavy atom. The highest BCUT2D eigenvalue weighted by molar-refractivity contribution is 5.80. The van der Waals surface area contributed by atoms with E-state index in [0.717, 1.165) is 43.6 Å². The van der Waals surface area contributed by atoms with Gasteiger partial charge in [0.25, 0.3) is 0 Å². The molecule has 0 spiro atoms. The van der Waals surface area contributed by atoms with Crippen LogP contribution < -0.4 is 10.1 Å². The van der Waals surface area contributed by atoms with Crippen molar-refractivity contribution in [3.63, 3.8) is 0 Å². The molecule has 1 aromatic carbocycles. The van der Waals surface area contributed by atoms with Crippen molar-refractivity contribution in [3.05, 3.63) is 29.8 Å². The van der Waals surface area contributed by atoms with E-state index in [4.69, 9.17) is 14.2 Å². The van der Waals surface area contributed by atoms with Gasteiger partial charge in [0.2, 0.25) is 5.91 Å². The van der Waals surface area contributed by atoms with Crippen molar-refractivity contribution >= 4 is 5.91 Å². The molecule has 0 aromatic heterocycles. The van der Waals surface area contributed by atoms with Crippen LogP contribution in [0.4, 0.5) is 0 Å². The van der Waals surface area contributed by atoms with Crippen molar-refractivity contribution in [2.45, 2.75) is 44.4 Å². The lowest BCUT2D eigenvalue weighted by Crippen LogP contribution is -2.33. The van der Waals surface area contributed by atoms with E-state index in [1.165, 1.54) is 0 Å². The first-order valence-corrected chi connectivity index (χ1v) is 8.04. The van der Waals surface area contributed by atoms with Gasteiger partial charge in [0, 0.05) is 19.8 Å². The van der Waals surface area contributed by atoms with Crippen molar-refractivity contribution in [3.8, 4) is 5.75 Å². The Balaban J connectivity index is 1.41. The molecule has 2 aliphatic heterocycles. The van der Waals surface area contributed by atoms with E-state index in [1.54, 1.807) is 0 Å². The van der Waals surface area contributed by atoms with Crippen LogP contribution >= 0.6 is 0 Å². The summed E-state index contributed by atoms with van der Waals surface area (Å²) in [7, 11) is 0. The smallest absolute Gasteiger partial charge is 0.249 e. The third kappa shape index (κ3) is 4.21. The predicted octanol–water partition coefficient (Wildman–Crippen LogP) is 2.04. The molecule has 0 saturated carbocycles. The van der Waals surface area contributed by atoms with E-state index < -0.39 is 0 Å². The van der Waals surface area contributed by atoms with Gasteiger partial charge in [0.1, 0.15) is 18.5 Å². The first kappa shape index (κ1) is 15.3. The molecule has 3 rings (SSSR count). The molecule has 2 aliphatic rings. The Hall–Kier alpha value is -1.59. The normalized spacial score (nSPS) is 24.4. The van der Waals surface area contributed by atoms with Crippen LogP contribution in [0.2, 0.25) is 0 Å². The first-order chi connectivity index (χ1) is 10.8. The molecule has 1 N–H and O–H groups in total. The summed E-state index contributed by atoms with van der Waals surface area (Å²) in [5.41, 5.74) is 1.05. The number of carbonyl (C=O) groups excluding carboxylic acids is 1. The van der Waals surface area contributed by atoms with Gasteiger partial charge >= 0.3 is 0 Å². The maximum Gasteiger partial charge on any atom is 0.249 e. The molecule has 1 aromatic rings. The van der Waals surface area contributed by atoms with Crippen molar-refractivity contribution in [1.82, 2.24) is 5.32 Å². The minimum Gasteiger partial charge on any atom is -0.491 e. The summed E-state index contributed by atoms with van der Waals surface area (Å²) in [5, 5.41) is 2.91. The highest BCUT2D eigenvalue weighted by atomic mass is 16.5. The van der Waals surface area contributed by atoms with Crippen LogP contribution in [0.25, 0.3) is 0 Å². The Kier molecular flexibility index (Phi) is 5.29. The van der Waals surface area contributed by atoms with Crippen LogP contribution in [0.5, 0.6) is 5.75 Å². The molecule has 5 nitrogen and oxygen atoms in total. The number of ether oxygens (including phenoxy) is 3. The second kappa shape index (κ2) is 7.61. The van der Waals surface area contributed by atoms with Crippen LogP contribution in [-0.2, 0) is 20.8 Å². The highest BCUT2D eigenvalue weighted by Gasteiger charge is 2.23. The number of carbonyl (C=O) groups is 1. The third-order valence-electron chi connectivity index (χ3n) is 4.07. The molecule has 2 atom stereocenters. The number of hydrogen-bond donors (Lipinski definition) is 1. The molecule has 120 valence electrons. The van der Waals surface area contributed by atoms with Crippen molar-refractivity contribution in [2.24, 2.45) is 0 Å². The summed E-state index contributed by atoms with van der Waals surface area (Å²) in [6.07, 6.45) is 3.95. The van der Waals surface area contributed by atoms with Gasteiger partial charge in [-0.15, -0.1) is 0 Å². The topological polar surface area (TPSA) is 56.8 Å². The van der Waals surface area contributed by atoms with Crippen molar-refractivity contribution in [1.29, 1.82) is 0 Å². The highest BCUT2D eigenvalue weighted by Crippen LogP contribution is 2.17. The summed E-state index contributed by atoms with van der Waals surface area (Å²) in [4.78, 5) is 11.9. The lowest BCUT2D eigenvalue weighted by atomic mass is 10.2. The minimum atomic E-state index is -0.269. The van der Waals surface area contributed by atoms with Crippen LogP contribution in [-0.4, -0.2) is 37.9 Å². The van der Waals surface area contributed by atoms with E-state index in [0.29, 0.717) is 19.8 Å². The van der Waals surface area contributed by atoms with Gasteiger partial charge in [-0.2, -0.15) is 0 Å². The maximum atomic E-state index is 11.9. The fourth-order valence-electron chi connectivity index (χ4n) is 2.76. The van der Waals surface area contributed by atoms with Crippen LogP contribution in [0.1, 0.15) is 31.2 Å². The van der Waals surface area contributed by atoms with Gasteiger partial charge in [-0.1, -0.05) is 12.1 Å². The van der Waals surface area contributed by atoms with Crippen LogP contribution in [0.3, 0.4) is 0 Å². The molecule has 2 heterocycles. The van der Waals surface area contributed by atoms with E-state index >= 15 is 0 Å². The molecule has 2 fully saturated rings. The summed E-state index contributed by atoms with van der Waals surface area (Å²) in [5.74, 6) is 0.820. The largest absolute Gasteiger partial charge is 0.491 e. The molecule has 0 aliphatic carbocycles. The zero-order valence-electron chi connectivity index (χ0n) is 12.8. The summed E-state index contributed by atoms with van der Waals surface area (Å²) in [6, 6.07) is 7.81. The Labute approximate surface area is 130 Å². The third-order valence-corrected chi connectivity index (χ3v) is 4.07. The SMILES string of the molecule is O=C(NCc1ccc(OCC2CCCO2)cc1)C1CCCO1. The Morgan fingerprint density at radius 3 is 2.59 bits per heavy atom. The van der Waals surface area contributed by atoms with Crippen LogP contribution in [0.15, 0.2) is 24.3 Å². The van der Waals surface area contributed by atoms with Crippen molar-refractivity contribution in [2.75, 3.05) is 19.8 Å². The second-order valence-electron chi connectivity index (χ2n) is 5.81. The van der Waals surface area contributed by atoms with E-state index in [1.807, 2.05) is 24.3 Å². The fourth-order valence-corrected chi connectivity index (χ4v) is 2.76. The molecule has 0 radical (unpaired) electrons. The van der Waals surface area contributed by atoms with Gasteiger partial charge in [0.15, 0.2) is 0 Å². The summed E-state index contributed by atoms with van der Waals surface area (Å²) in [6.45, 7) is 2.66. The van der Waals surface area contributed by atoms with E-state index in [9.17, 15) is 4.79 Å². The predicted molar refractivity (Wildman–Crippen MR) is 81.7 cm³/mol. The molecule has 1 amide bonds. The summed E-state index contributed by atoms with van der Waals surface area (Å²) >= 11 is 0. The lowest BCUT2D eigenvalue weighted by Gasteiger charge is -2.12. The molecule has 2 unspecified atom stereocenters. The van der Waals surface area contributed by atoms with E-state index in [-0.39, 0.29) is 18.1 Å². The second-order valence-corrected chi connectivity index (χ2v) is 5.81. The van der Waals surface area contributed by atoms with Gasteiger partial charge in [-0.05, 0) is 43.4 Å². The van der Waals surface area contributed by atoms with E-state index in [2.05, 4.69) is 5.32 Å². The summed E-state index contributed by atoms with van der Waals surface area (Å²) < 4.78 is 16.6. The van der Waals surface area contributed by atoms with Gasteiger partial charge in [-0.25, -0.2) is 0 Å². The average molecular weight is 305 g/mol. The number of hydrogen-bond acceptors (Lipinski definition) is 4. The van der Waals surface area contributed by atoms with Gasteiger partial charge in [0.05, 0.1) is 6.10 Å². The van der Waals surface area contributed by atoms with Crippen molar-refractivity contribution < 1.29 is 19.0 Å². The zero-order chi connectivity index (χ0) is 15.2. The number of rotatable bonds is 6. The number of amides is 1. The standard InChI is InChI=1S/C17H23NO4/c19-17(16-4-2-10-21-16)18-11-13-5-7-14(8-6-13)22-12-15-3-1-9-20-15/h5-8,15-16H,1-4,9-12H2,(H,18,19). The monoisotopic (exact) mass is 305 g/mol. The maximum absolute atomic E-state index is 11.9. The van der Waals surface area contributed by atoms with Gasteiger partial charge < -0.3 is 19.5 Å². The molecule has 0 bridgehead atoms. The molecule has 5 heteroatoms. The molecular formula is C17H23NO4. The number of benzene rings is 1. The molecule has 2 saturated heterocycles. The minimum absolute atomic E-state index is 0.0174. The number of nitrogens with one attached hydrogen (secondary N) is 1. The van der Waals surface area contributed by atoms with Gasteiger partial charge in [-0.3, -0.25) is 4.79 Å². The lowest BCUT2D eigenvalue weighted by molar-refractivity contribution is -0.130. The van der Waals surface area contributed by atoms with Crippen LogP contribution in [0, 0.1) is 0 Å². The first-order valence-electron chi connectivity index (χ1n) is 8.04. The molecule has 22 heavy (non-hydrogen) atoms. The Morgan fingerprint density at radius 2 is 1.91 bits per heavy atom. The zero-order valence-corrected chi connectivity index (χ0v) is 12.8. The molecular weight excluding hydrogens is 282 g/mol. The fraction of sp³-hybridized carbons (Fsp3) is 0.588.